The van der Waals surface area contributed by atoms with Gasteiger partial charge in [0.05, 0.1) is 5.56 Å². The number of benzene rings is 1. The minimum Gasteiger partial charge on any atom is -0.354 e. The maximum atomic E-state index is 13.6. The van der Waals surface area contributed by atoms with Crippen molar-refractivity contribution >= 4 is 11.8 Å². The molecule has 0 aromatic heterocycles. The number of rotatable bonds is 7. The van der Waals surface area contributed by atoms with Crippen LogP contribution in [0.4, 0.5) is 4.39 Å². The van der Waals surface area contributed by atoms with Crippen molar-refractivity contribution in [1.82, 2.24) is 10.6 Å². The quantitative estimate of drug-likeness (QED) is 0.814. The summed E-state index contributed by atoms with van der Waals surface area (Å²) in [6, 6.07) is 5.05. The highest BCUT2D eigenvalue weighted by Gasteiger charge is 2.25. The van der Waals surface area contributed by atoms with Gasteiger partial charge in [0.15, 0.2) is 0 Å². The van der Waals surface area contributed by atoms with Crippen molar-refractivity contribution in [2.75, 3.05) is 6.54 Å². The second-order valence-corrected chi connectivity index (χ2v) is 6.15. The van der Waals surface area contributed by atoms with Crippen molar-refractivity contribution in [2.24, 2.45) is 11.8 Å². The molecule has 0 unspecified atom stereocenters. The van der Waals surface area contributed by atoms with Crippen LogP contribution in [0.5, 0.6) is 0 Å². The van der Waals surface area contributed by atoms with E-state index in [0.717, 1.165) is 6.42 Å². The van der Waals surface area contributed by atoms with E-state index in [9.17, 15) is 14.0 Å². The molecule has 1 atom stereocenters. The van der Waals surface area contributed by atoms with E-state index in [0.29, 0.717) is 12.5 Å². The van der Waals surface area contributed by atoms with E-state index < -0.39 is 17.8 Å². The van der Waals surface area contributed by atoms with E-state index >= 15 is 0 Å². The first-order valence-corrected chi connectivity index (χ1v) is 7.66. The van der Waals surface area contributed by atoms with Gasteiger partial charge in [-0.15, -0.1) is 0 Å². The van der Waals surface area contributed by atoms with Gasteiger partial charge in [0.25, 0.3) is 5.91 Å². The SMILES string of the molecule is CC(C)CCNC(=O)[C@@H](NC(=O)c1ccccc1F)C(C)C. The number of carbonyl (C=O) groups is 2. The highest BCUT2D eigenvalue weighted by Crippen LogP contribution is 2.09. The Morgan fingerprint density at radius 1 is 1.14 bits per heavy atom. The van der Waals surface area contributed by atoms with Crippen molar-refractivity contribution < 1.29 is 14.0 Å². The second-order valence-electron chi connectivity index (χ2n) is 6.15. The van der Waals surface area contributed by atoms with Crippen LogP contribution in [-0.4, -0.2) is 24.4 Å². The van der Waals surface area contributed by atoms with E-state index in [2.05, 4.69) is 24.5 Å². The Morgan fingerprint density at radius 3 is 2.32 bits per heavy atom. The van der Waals surface area contributed by atoms with Gasteiger partial charge in [0.1, 0.15) is 11.9 Å². The Labute approximate surface area is 131 Å². The zero-order valence-corrected chi connectivity index (χ0v) is 13.7. The molecule has 1 aromatic rings. The Balaban J connectivity index is 2.70. The molecule has 0 bridgehead atoms. The molecular formula is C17H25FN2O2. The van der Waals surface area contributed by atoms with Crippen LogP contribution >= 0.6 is 0 Å². The Kier molecular flexibility index (Phi) is 7.02. The summed E-state index contributed by atoms with van der Waals surface area (Å²) in [7, 11) is 0. The molecule has 1 rings (SSSR count). The summed E-state index contributed by atoms with van der Waals surface area (Å²) in [4.78, 5) is 24.3. The van der Waals surface area contributed by atoms with Gasteiger partial charge in [0.2, 0.25) is 5.91 Å². The summed E-state index contributed by atoms with van der Waals surface area (Å²) < 4.78 is 13.6. The minimum absolute atomic E-state index is 0.0527. The van der Waals surface area contributed by atoms with Gasteiger partial charge in [-0.2, -0.15) is 0 Å². The predicted octanol–water partition coefficient (Wildman–Crippen LogP) is 2.74. The largest absolute Gasteiger partial charge is 0.354 e. The number of hydrogen-bond acceptors (Lipinski definition) is 2. The fourth-order valence-corrected chi connectivity index (χ4v) is 1.99. The Bertz CT molecular complexity index is 515. The van der Waals surface area contributed by atoms with Crippen LogP contribution in [0, 0.1) is 17.7 Å². The van der Waals surface area contributed by atoms with Crippen molar-refractivity contribution in [3.63, 3.8) is 0 Å². The van der Waals surface area contributed by atoms with Crippen LogP contribution in [0.15, 0.2) is 24.3 Å². The number of carbonyl (C=O) groups excluding carboxylic acids is 2. The third-order valence-corrected chi connectivity index (χ3v) is 3.38. The average molecular weight is 308 g/mol. The molecule has 122 valence electrons. The molecule has 0 saturated carbocycles. The van der Waals surface area contributed by atoms with Gasteiger partial charge >= 0.3 is 0 Å². The monoisotopic (exact) mass is 308 g/mol. The lowest BCUT2D eigenvalue weighted by Gasteiger charge is -2.22. The number of hydrogen-bond donors (Lipinski definition) is 2. The molecule has 2 N–H and O–H groups in total. The van der Waals surface area contributed by atoms with E-state index in [4.69, 9.17) is 0 Å². The molecule has 0 aliphatic rings. The van der Waals surface area contributed by atoms with Gasteiger partial charge in [-0.25, -0.2) is 4.39 Å². The van der Waals surface area contributed by atoms with Gasteiger partial charge in [-0.3, -0.25) is 9.59 Å². The summed E-state index contributed by atoms with van der Waals surface area (Å²) in [6.07, 6.45) is 0.873. The smallest absolute Gasteiger partial charge is 0.254 e. The first-order chi connectivity index (χ1) is 10.3. The highest BCUT2D eigenvalue weighted by molar-refractivity contribution is 5.97. The van der Waals surface area contributed by atoms with Crippen LogP contribution in [0.1, 0.15) is 44.5 Å². The molecule has 0 aliphatic heterocycles. The van der Waals surface area contributed by atoms with Gasteiger partial charge in [0, 0.05) is 6.54 Å². The second kappa shape index (κ2) is 8.51. The molecule has 0 spiro atoms. The van der Waals surface area contributed by atoms with Crippen LogP contribution in [0.25, 0.3) is 0 Å². The highest BCUT2D eigenvalue weighted by atomic mass is 19.1. The molecule has 1 aromatic carbocycles. The molecule has 0 fully saturated rings. The maximum absolute atomic E-state index is 13.6. The Hall–Kier alpha value is -1.91. The van der Waals surface area contributed by atoms with Crippen molar-refractivity contribution in [1.29, 1.82) is 0 Å². The summed E-state index contributed by atoms with van der Waals surface area (Å²) in [5.41, 5.74) is -0.0527. The molecule has 2 amide bonds. The normalized spacial score (nSPS) is 12.3. The third kappa shape index (κ3) is 5.47. The fourth-order valence-electron chi connectivity index (χ4n) is 1.99. The van der Waals surface area contributed by atoms with Crippen molar-refractivity contribution in [2.45, 2.75) is 40.2 Å². The van der Waals surface area contributed by atoms with Crippen LogP contribution in [0.2, 0.25) is 0 Å². The lowest BCUT2D eigenvalue weighted by molar-refractivity contribution is -0.123. The van der Waals surface area contributed by atoms with Crippen LogP contribution in [-0.2, 0) is 4.79 Å². The van der Waals surface area contributed by atoms with Gasteiger partial charge in [-0.1, -0.05) is 39.8 Å². The molecule has 0 saturated heterocycles. The third-order valence-electron chi connectivity index (χ3n) is 3.38. The van der Waals surface area contributed by atoms with Gasteiger partial charge < -0.3 is 10.6 Å². The first kappa shape index (κ1) is 18.1. The van der Waals surface area contributed by atoms with E-state index in [1.54, 1.807) is 6.07 Å². The number of amides is 2. The summed E-state index contributed by atoms with van der Waals surface area (Å²) in [5, 5.41) is 5.44. The molecule has 0 heterocycles. The summed E-state index contributed by atoms with van der Waals surface area (Å²) in [5.74, 6) is -1.00. The average Bonchev–Trinajstić information content (AvgIpc) is 2.44. The van der Waals surface area contributed by atoms with Crippen molar-refractivity contribution in [3.8, 4) is 0 Å². The zero-order chi connectivity index (χ0) is 16.7. The first-order valence-electron chi connectivity index (χ1n) is 7.66. The molecule has 5 heteroatoms. The summed E-state index contributed by atoms with van der Waals surface area (Å²) >= 11 is 0. The lowest BCUT2D eigenvalue weighted by Crippen LogP contribution is -2.50. The van der Waals surface area contributed by atoms with Gasteiger partial charge in [-0.05, 0) is 30.4 Å². The lowest BCUT2D eigenvalue weighted by atomic mass is 10.0. The molecular weight excluding hydrogens is 283 g/mol. The number of nitrogens with one attached hydrogen (secondary N) is 2. The van der Waals surface area contributed by atoms with Crippen LogP contribution in [0.3, 0.4) is 0 Å². The van der Waals surface area contributed by atoms with E-state index in [1.165, 1.54) is 18.2 Å². The standard InChI is InChI=1S/C17H25FN2O2/c1-11(2)9-10-19-17(22)15(12(3)4)20-16(21)13-7-5-6-8-14(13)18/h5-8,11-12,15H,9-10H2,1-4H3,(H,19,22)(H,20,21)/t15-/m0/s1. The Morgan fingerprint density at radius 2 is 1.77 bits per heavy atom. The topological polar surface area (TPSA) is 58.2 Å². The van der Waals surface area contributed by atoms with Crippen molar-refractivity contribution in [3.05, 3.63) is 35.6 Å². The predicted molar refractivity (Wildman–Crippen MR) is 85.0 cm³/mol. The molecule has 0 aliphatic carbocycles. The molecule has 0 radical (unpaired) electrons. The molecule has 22 heavy (non-hydrogen) atoms. The maximum Gasteiger partial charge on any atom is 0.254 e. The molecule has 4 nitrogen and oxygen atoms in total. The van der Waals surface area contributed by atoms with E-state index in [-0.39, 0.29) is 17.4 Å². The fraction of sp³-hybridized carbons (Fsp3) is 0.529. The van der Waals surface area contributed by atoms with E-state index in [1.807, 2.05) is 13.8 Å². The minimum atomic E-state index is -0.681. The summed E-state index contributed by atoms with van der Waals surface area (Å²) in [6.45, 7) is 8.40. The number of halogens is 1. The zero-order valence-electron chi connectivity index (χ0n) is 13.7. The van der Waals surface area contributed by atoms with Crippen LogP contribution < -0.4 is 10.6 Å².